The van der Waals surface area contributed by atoms with Gasteiger partial charge in [0.05, 0.1) is 12.7 Å². The number of carbonyl (C=O) groups excluding carboxylic acids is 2. The lowest BCUT2D eigenvalue weighted by Gasteiger charge is -2.24. The van der Waals surface area contributed by atoms with E-state index in [2.05, 4.69) is 16.9 Å². The van der Waals surface area contributed by atoms with Crippen LogP contribution in [0.2, 0.25) is 0 Å². The molecule has 0 aromatic carbocycles. The van der Waals surface area contributed by atoms with Gasteiger partial charge in [0.15, 0.2) is 0 Å². The zero-order chi connectivity index (χ0) is 18.4. The molecule has 0 unspecified atom stereocenters. The molecule has 1 fully saturated rings. The summed E-state index contributed by atoms with van der Waals surface area (Å²) in [7, 11) is 0. The van der Waals surface area contributed by atoms with Gasteiger partial charge in [-0.05, 0) is 32.9 Å². The number of ether oxygens (including phenoxy) is 2. The number of nitrogens with one attached hydrogen (secondary N) is 1. The van der Waals surface area contributed by atoms with Crippen molar-refractivity contribution >= 4 is 12.0 Å². The highest BCUT2D eigenvalue weighted by atomic mass is 16.6. The first-order valence-electron chi connectivity index (χ1n) is 8.26. The molecule has 1 N–H and O–H groups in total. The molecule has 1 saturated heterocycles. The van der Waals surface area contributed by atoms with Crippen molar-refractivity contribution < 1.29 is 19.1 Å². The minimum Gasteiger partial charge on any atom is -0.487 e. The molecule has 7 nitrogen and oxygen atoms in total. The first kappa shape index (κ1) is 18.8. The van der Waals surface area contributed by atoms with Crippen LogP contribution in [0, 0.1) is 0 Å². The molecule has 1 atom stereocenters. The zero-order valence-electron chi connectivity index (χ0n) is 14.9. The van der Waals surface area contributed by atoms with Gasteiger partial charge in [-0.3, -0.25) is 9.78 Å². The minimum absolute atomic E-state index is 0.134. The van der Waals surface area contributed by atoms with Crippen molar-refractivity contribution in [1.82, 2.24) is 15.2 Å². The highest BCUT2D eigenvalue weighted by Gasteiger charge is 2.31. The second-order valence-electron chi connectivity index (χ2n) is 6.86. The number of hydrogen-bond acceptors (Lipinski definition) is 5. The predicted molar refractivity (Wildman–Crippen MR) is 93.1 cm³/mol. The van der Waals surface area contributed by atoms with Gasteiger partial charge in [0.1, 0.15) is 17.5 Å². The summed E-state index contributed by atoms with van der Waals surface area (Å²) in [4.78, 5) is 29.2. The van der Waals surface area contributed by atoms with Crippen LogP contribution in [0.25, 0.3) is 0 Å². The van der Waals surface area contributed by atoms with Crippen molar-refractivity contribution in [2.75, 3.05) is 13.1 Å². The molecule has 0 spiro atoms. The maximum atomic E-state index is 12.1. The third-order valence-corrected chi connectivity index (χ3v) is 3.60. The topological polar surface area (TPSA) is 80.8 Å². The highest BCUT2D eigenvalue weighted by Crippen LogP contribution is 2.23. The van der Waals surface area contributed by atoms with Crippen LogP contribution in [0.4, 0.5) is 4.79 Å². The molecule has 1 aliphatic heterocycles. The second kappa shape index (κ2) is 8.00. The summed E-state index contributed by atoms with van der Waals surface area (Å²) in [5, 5.41) is 2.72. The van der Waals surface area contributed by atoms with Gasteiger partial charge in [0.2, 0.25) is 5.91 Å². The zero-order valence-corrected chi connectivity index (χ0v) is 14.9. The average Bonchev–Trinajstić information content (AvgIpc) is 3.01. The van der Waals surface area contributed by atoms with E-state index >= 15 is 0 Å². The molecule has 0 saturated carbocycles. The van der Waals surface area contributed by atoms with Gasteiger partial charge in [-0.25, -0.2) is 4.79 Å². The number of nitrogens with zero attached hydrogens (tertiary/aromatic N) is 2. The third-order valence-electron chi connectivity index (χ3n) is 3.60. The van der Waals surface area contributed by atoms with Crippen LogP contribution in [-0.4, -0.2) is 46.7 Å². The third kappa shape index (κ3) is 5.77. The summed E-state index contributed by atoms with van der Waals surface area (Å²) in [5.41, 5.74) is 0.302. The summed E-state index contributed by atoms with van der Waals surface area (Å²) >= 11 is 0. The normalized spacial score (nSPS) is 17.1. The van der Waals surface area contributed by atoms with Crippen molar-refractivity contribution in [2.45, 2.75) is 45.4 Å². The maximum Gasteiger partial charge on any atom is 0.410 e. The summed E-state index contributed by atoms with van der Waals surface area (Å²) in [6, 6.07) is 1.79. The van der Waals surface area contributed by atoms with Gasteiger partial charge in [0.25, 0.3) is 0 Å². The van der Waals surface area contributed by atoms with Crippen LogP contribution in [-0.2, 0) is 16.1 Å². The van der Waals surface area contributed by atoms with Crippen molar-refractivity contribution in [3.05, 3.63) is 36.7 Å². The highest BCUT2D eigenvalue weighted by molar-refractivity contribution is 5.86. The van der Waals surface area contributed by atoms with Crippen molar-refractivity contribution in [1.29, 1.82) is 0 Å². The molecule has 0 aliphatic carbocycles. The van der Waals surface area contributed by atoms with Crippen LogP contribution in [0.15, 0.2) is 31.1 Å². The molecular formula is C18H25N3O4. The number of rotatable bonds is 5. The molecule has 136 valence electrons. The average molecular weight is 347 g/mol. The predicted octanol–water partition coefficient (Wildman–Crippen LogP) is 2.27. The van der Waals surface area contributed by atoms with E-state index in [0.717, 1.165) is 5.56 Å². The van der Waals surface area contributed by atoms with E-state index in [4.69, 9.17) is 9.47 Å². The smallest absolute Gasteiger partial charge is 0.410 e. The number of carbonyl (C=O) groups is 2. The molecule has 2 heterocycles. The monoisotopic (exact) mass is 347 g/mol. The number of amides is 2. The van der Waals surface area contributed by atoms with Gasteiger partial charge in [-0.1, -0.05) is 6.58 Å². The van der Waals surface area contributed by atoms with Gasteiger partial charge >= 0.3 is 6.09 Å². The number of pyridine rings is 1. The molecule has 7 heteroatoms. The summed E-state index contributed by atoms with van der Waals surface area (Å²) in [6.45, 7) is 10.3. The van der Waals surface area contributed by atoms with Crippen LogP contribution in [0.5, 0.6) is 5.75 Å². The Bertz CT molecular complexity index is 639. The van der Waals surface area contributed by atoms with Crippen LogP contribution < -0.4 is 10.1 Å². The lowest BCUT2D eigenvalue weighted by atomic mass is 10.2. The Morgan fingerprint density at radius 2 is 2.24 bits per heavy atom. The van der Waals surface area contributed by atoms with Crippen LogP contribution >= 0.6 is 0 Å². The molecule has 1 aliphatic rings. The Kier molecular flexibility index (Phi) is 6.01. The largest absolute Gasteiger partial charge is 0.487 e. The lowest BCUT2D eigenvalue weighted by Crippen LogP contribution is -2.36. The molecule has 1 aromatic rings. The maximum absolute atomic E-state index is 12.1. The van der Waals surface area contributed by atoms with Gasteiger partial charge < -0.3 is 19.7 Å². The molecule has 0 radical (unpaired) electrons. The minimum atomic E-state index is -0.518. The van der Waals surface area contributed by atoms with E-state index in [1.165, 1.54) is 6.08 Å². The number of likely N-dealkylation sites (tertiary alicyclic amines) is 1. The first-order valence-corrected chi connectivity index (χ1v) is 8.26. The molecular weight excluding hydrogens is 322 g/mol. The Balaban J connectivity index is 1.94. The first-order chi connectivity index (χ1) is 11.8. The molecule has 1 aromatic heterocycles. The van der Waals surface area contributed by atoms with Gasteiger partial charge in [-0.15, -0.1) is 0 Å². The van der Waals surface area contributed by atoms with E-state index in [1.807, 2.05) is 20.8 Å². The number of aromatic nitrogens is 1. The van der Waals surface area contributed by atoms with E-state index in [9.17, 15) is 9.59 Å². The molecule has 25 heavy (non-hydrogen) atoms. The van der Waals surface area contributed by atoms with E-state index in [-0.39, 0.29) is 18.1 Å². The lowest BCUT2D eigenvalue weighted by molar-refractivity contribution is -0.116. The second-order valence-corrected chi connectivity index (χ2v) is 6.86. The van der Waals surface area contributed by atoms with E-state index in [1.54, 1.807) is 23.4 Å². The van der Waals surface area contributed by atoms with E-state index < -0.39 is 5.60 Å². The fraction of sp³-hybridized carbons (Fsp3) is 0.500. The van der Waals surface area contributed by atoms with Crippen LogP contribution in [0.1, 0.15) is 32.8 Å². The summed E-state index contributed by atoms with van der Waals surface area (Å²) < 4.78 is 11.4. The Labute approximate surface area is 148 Å². The van der Waals surface area contributed by atoms with Gasteiger partial charge in [0, 0.05) is 31.3 Å². The molecule has 2 amide bonds. The Hall–Kier alpha value is -2.57. The van der Waals surface area contributed by atoms with Gasteiger partial charge in [-0.2, -0.15) is 0 Å². The van der Waals surface area contributed by atoms with E-state index in [0.29, 0.717) is 31.8 Å². The Morgan fingerprint density at radius 1 is 1.48 bits per heavy atom. The quantitative estimate of drug-likeness (QED) is 0.827. The van der Waals surface area contributed by atoms with Crippen molar-refractivity contribution in [3.63, 3.8) is 0 Å². The van der Waals surface area contributed by atoms with Crippen molar-refractivity contribution in [3.8, 4) is 5.75 Å². The van der Waals surface area contributed by atoms with Crippen LogP contribution in [0.3, 0.4) is 0 Å². The Morgan fingerprint density at radius 3 is 2.92 bits per heavy atom. The molecule has 0 bridgehead atoms. The SMILES string of the molecule is C=CC(=O)NCc1ccncc1O[C@H]1CCN(C(=O)OC(C)(C)C)C1. The summed E-state index contributed by atoms with van der Waals surface area (Å²) in [6.07, 6.45) is 4.73. The van der Waals surface area contributed by atoms with Crippen molar-refractivity contribution in [2.24, 2.45) is 0 Å². The molecule has 2 rings (SSSR count). The fourth-order valence-corrected chi connectivity index (χ4v) is 2.41. The number of hydrogen-bond donors (Lipinski definition) is 1. The summed E-state index contributed by atoms with van der Waals surface area (Å²) in [5.74, 6) is 0.350. The standard InChI is InChI=1S/C18H25N3O4/c1-5-16(22)20-10-13-6-8-19-11-15(13)24-14-7-9-21(12-14)17(23)25-18(2,3)4/h5-6,8,11,14H,1,7,9-10,12H2,2-4H3,(H,20,22)/t14-/m0/s1. The fourth-order valence-electron chi connectivity index (χ4n) is 2.41.